The number of aromatic nitrogens is 2. The molecule has 0 fully saturated rings. The van der Waals surface area contributed by atoms with E-state index >= 15 is 0 Å². The largest absolute Gasteiger partial charge is 0.490 e. The highest BCUT2D eigenvalue weighted by Crippen LogP contribution is 2.28. The molecule has 0 aliphatic carbocycles. The average Bonchev–Trinajstić information content (AvgIpc) is 2.96. The molecule has 0 unspecified atom stereocenters. The normalized spacial score (nSPS) is 10.7. The van der Waals surface area contributed by atoms with Gasteiger partial charge in [-0.1, -0.05) is 13.0 Å². The summed E-state index contributed by atoms with van der Waals surface area (Å²) in [5, 5.41) is 14.3. The molecule has 8 nitrogen and oxygen atoms in total. The summed E-state index contributed by atoms with van der Waals surface area (Å²) in [5.41, 5.74) is 1.11. The first-order valence-electron chi connectivity index (χ1n) is 8.32. The quantitative estimate of drug-likeness (QED) is 0.524. The van der Waals surface area contributed by atoms with Gasteiger partial charge in [-0.05, 0) is 36.1 Å². The summed E-state index contributed by atoms with van der Waals surface area (Å²) >= 11 is 0. The third-order valence-electron chi connectivity index (χ3n) is 3.68. The number of imidazole rings is 1. The smallest absolute Gasteiger partial charge is 0.342 e. The molecule has 1 N–H and O–H groups in total. The molecule has 0 aliphatic heterocycles. The van der Waals surface area contributed by atoms with E-state index in [1.165, 1.54) is 10.8 Å². The molecule has 0 aliphatic rings. The van der Waals surface area contributed by atoms with Crippen LogP contribution in [-0.2, 0) is 13.1 Å². The van der Waals surface area contributed by atoms with E-state index in [0.717, 1.165) is 18.7 Å². The number of hydrogen-bond donors (Lipinski definition) is 1. The van der Waals surface area contributed by atoms with Gasteiger partial charge in [0.25, 0.3) is 0 Å². The second-order valence-electron chi connectivity index (χ2n) is 5.42. The van der Waals surface area contributed by atoms with Crippen molar-refractivity contribution < 1.29 is 14.4 Å². The van der Waals surface area contributed by atoms with Crippen LogP contribution in [0.15, 0.2) is 24.4 Å². The van der Waals surface area contributed by atoms with E-state index in [9.17, 15) is 10.1 Å². The topological polar surface area (TPSA) is 91.5 Å². The van der Waals surface area contributed by atoms with Gasteiger partial charge in [0.15, 0.2) is 17.3 Å². The monoisotopic (exact) mass is 348 g/mol. The van der Waals surface area contributed by atoms with Crippen molar-refractivity contribution in [3.05, 3.63) is 45.9 Å². The lowest BCUT2D eigenvalue weighted by atomic mass is 10.2. The highest BCUT2D eigenvalue weighted by atomic mass is 16.6. The Labute approximate surface area is 146 Å². The maximum atomic E-state index is 11.0. The molecule has 1 heterocycles. The van der Waals surface area contributed by atoms with Crippen molar-refractivity contribution in [2.24, 2.45) is 0 Å². The van der Waals surface area contributed by atoms with Gasteiger partial charge in [0.2, 0.25) is 0 Å². The van der Waals surface area contributed by atoms with Gasteiger partial charge in [0.05, 0.1) is 6.61 Å². The predicted molar refractivity (Wildman–Crippen MR) is 94.1 cm³/mol. The Balaban J connectivity index is 2.04. The summed E-state index contributed by atoms with van der Waals surface area (Å²) in [6.45, 7) is 8.51. The standard InChI is InChI=1S/C17H24N4O4/c1-4-18-11-14-6-7-15(16(10-14)24-5-2)25-9-8-20-13(3)19-12-17(20)21(22)23/h6-7,10,12,18H,4-5,8-9,11H2,1-3H3. The van der Waals surface area contributed by atoms with Gasteiger partial charge in [-0.25, -0.2) is 9.55 Å². The molecule has 8 heteroatoms. The second-order valence-corrected chi connectivity index (χ2v) is 5.42. The fourth-order valence-corrected chi connectivity index (χ4v) is 2.44. The average molecular weight is 348 g/mol. The zero-order valence-electron chi connectivity index (χ0n) is 14.8. The molecule has 0 radical (unpaired) electrons. The summed E-state index contributed by atoms with van der Waals surface area (Å²) in [7, 11) is 0. The molecule has 2 aromatic rings. The fraction of sp³-hybridized carbons (Fsp3) is 0.471. The summed E-state index contributed by atoms with van der Waals surface area (Å²) in [6.07, 6.45) is 1.26. The van der Waals surface area contributed by atoms with Crippen LogP contribution in [0.25, 0.3) is 0 Å². The Morgan fingerprint density at radius 3 is 2.76 bits per heavy atom. The minimum Gasteiger partial charge on any atom is -0.490 e. The highest BCUT2D eigenvalue weighted by Gasteiger charge is 2.17. The van der Waals surface area contributed by atoms with Gasteiger partial charge < -0.3 is 24.9 Å². The first-order chi connectivity index (χ1) is 12.1. The van der Waals surface area contributed by atoms with E-state index in [2.05, 4.69) is 17.2 Å². The number of nitro groups is 1. The van der Waals surface area contributed by atoms with Crippen molar-refractivity contribution in [2.45, 2.75) is 33.9 Å². The second kappa shape index (κ2) is 9.03. The van der Waals surface area contributed by atoms with Gasteiger partial charge in [-0.15, -0.1) is 0 Å². The van der Waals surface area contributed by atoms with E-state index < -0.39 is 4.92 Å². The first-order valence-corrected chi connectivity index (χ1v) is 8.32. The summed E-state index contributed by atoms with van der Waals surface area (Å²) in [4.78, 5) is 14.6. The molecule has 25 heavy (non-hydrogen) atoms. The van der Waals surface area contributed by atoms with Crippen LogP contribution in [0.3, 0.4) is 0 Å². The zero-order valence-corrected chi connectivity index (χ0v) is 14.8. The van der Waals surface area contributed by atoms with Crippen LogP contribution in [0.1, 0.15) is 25.2 Å². The number of hydrogen-bond acceptors (Lipinski definition) is 6. The Morgan fingerprint density at radius 2 is 2.08 bits per heavy atom. The minimum absolute atomic E-state index is 0.0351. The van der Waals surface area contributed by atoms with Crippen LogP contribution in [0, 0.1) is 17.0 Å². The Bertz CT molecular complexity index is 715. The number of benzene rings is 1. The van der Waals surface area contributed by atoms with Crippen molar-refractivity contribution in [3.63, 3.8) is 0 Å². The zero-order chi connectivity index (χ0) is 18.2. The number of nitrogens with one attached hydrogen (secondary N) is 1. The van der Waals surface area contributed by atoms with Crippen LogP contribution in [0.4, 0.5) is 5.82 Å². The van der Waals surface area contributed by atoms with Crippen molar-refractivity contribution >= 4 is 5.82 Å². The van der Waals surface area contributed by atoms with Crippen LogP contribution >= 0.6 is 0 Å². The Hall–Kier alpha value is -2.61. The van der Waals surface area contributed by atoms with Crippen LogP contribution in [0.5, 0.6) is 11.5 Å². The summed E-state index contributed by atoms with van der Waals surface area (Å²) in [6, 6.07) is 5.80. The van der Waals surface area contributed by atoms with Crippen LogP contribution in [-0.4, -0.2) is 34.2 Å². The number of ether oxygens (including phenoxy) is 2. The molecule has 0 saturated heterocycles. The van der Waals surface area contributed by atoms with Gasteiger partial charge in [-0.2, -0.15) is 0 Å². The third kappa shape index (κ3) is 4.93. The molecule has 2 rings (SSSR count). The van der Waals surface area contributed by atoms with E-state index in [1.54, 1.807) is 6.92 Å². The molecule has 0 bridgehead atoms. The molecule has 1 aromatic heterocycles. The maximum absolute atomic E-state index is 11.0. The summed E-state index contributed by atoms with van der Waals surface area (Å²) < 4.78 is 13.0. The molecule has 0 saturated carbocycles. The van der Waals surface area contributed by atoms with E-state index in [0.29, 0.717) is 30.5 Å². The number of rotatable bonds is 10. The van der Waals surface area contributed by atoms with Gasteiger partial charge in [0, 0.05) is 13.5 Å². The van der Waals surface area contributed by atoms with Gasteiger partial charge >= 0.3 is 5.82 Å². The van der Waals surface area contributed by atoms with Crippen molar-refractivity contribution in [2.75, 3.05) is 19.8 Å². The predicted octanol–water partition coefficient (Wildman–Crippen LogP) is 2.69. The van der Waals surface area contributed by atoms with Crippen LogP contribution in [0.2, 0.25) is 0 Å². The number of aryl methyl sites for hydroxylation is 1. The molecule has 1 aromatic carbocycles. The third-order valence-corrected chi connectivity index (χ3v) is 3.68. The fourth-order valence-electron chi connectivity index (χ4n) is 2.44. The lowest BCUT2D eigenvalue weighted by Crippen LogP contribution is -2.13. The van der Waals surface area contributed by atoms with E-state index in [1.807, 2.05) is 25.1 Å². The van der Waals surface area contributed by atoms with Crippen molar-refractivity contribution in [1.82, 2.24) is 14.9 Å². The minimum atomic E-state index is -0.443. The summed E-state index contributed by atoms with van der Waals surface area (Å²) in [5.74, 6) is 1.85. The molecule has 0 spiro atoms. The van der Waals surface area contributed by atoms with Crippen molar-refractivity contribution in [3.8, 4) is 11.5 Å². The molecule has 136 valence electrons. The van der Waals surface area contributed by atoms with E-state index in [-0.39, 0.29) is 12.4 Å². The molecule has 0 amide bonds. The SMILES string of the molecule is CCNCc1ccc(OCCn2c([N+](=O)[O-])cnc2C)c(OCC)c1. The van der Waals surface area contributed by atoms with E-state index in [4.69, 9.17) is 9.47 Å². The van der Waals surface area contributed by atoms with Gasteiger partial charge in [0.1, 0.15) is 19.3 Å². The Kier molecular flexibility index (Phi) is 6.76. The lowest BCUT2D eigenvalue weighted by Gasteiger charge is -2.13. The molecular formula is C17H24N4O4. The van der Waals surface area contributed by atoms with Gasteiger partial charge in [-0.3, -0.25) is 0 Å². The maximum Gasteiger partial charge on any atom is 0.342 e. The Morgan fingerprint density at radius 1 is 1.28 bits per heavy atom. The van der Waals surface area contributed by atoms with Crippen LogP contribution < -0.4 is 14.8 Å². The highest BCUT2D eigenvalue weighted by molar-refractivity contribution is 5.43. The molecular weight excluding hydrogens is 324 g/mol. The first kappa shape index (κ1) is 18.7. The lowest BCUT2D eigenvalue weighted by molar-refractivity contribution is -0.392. The molecule has 0 atom stereocenters. The van der Waals surface area contributed by atoms with Crippen molar-refractivity contribution in [1.29, 1.82) is 0 Å². The number of nitrogens with zero attached hydrogens (tertiary/aromatic N) is 3.